The van der Waals surface area contributed by atoms with Crippen LogP contribution in [0, 0.1) is 5.92 Å². The summed E-state index contributed by atoms with van der Waals surface area (Å²) in [5.74, 6) is 2.08. The molecule has 2 aliphatic heterocycles. The Morgan fingerprint density at radius 1 is 1.46 bits per heavy atom. The molecule has 0 aliphatic carbocycles. The summed E-state index contributed by atoms with van der Waals surface area (Å²) < 4.78 is 11.0. The van der Waals surface area contributed by atoms with Gasteiger partial charge in [-0.3, -0.25) is 9.59 Å². The number of amides is 2. The molecule has 1 aromatic carbocycles. The number of methoxy groups -OCH3 is 1. The fourth-order valence-electron chi connectivity index (χ4n) is 3.20. The van der Waals surface area contributed by atoms with Gasteiger partial charge < -0.3 is 19.7 Å². The van der Waals surface area contributed by atoms with Crippen molar-refractivity contribution in [3.8, 4) is 11.5 Å². The number of rotatable bonds is 6. The minimum absolute atomic E-state index is 0.00442. The number of nitrogens with zero attached hydrogens (tertiary/aromatic N) is 1. The van der Waals surface area contributed by atoms with E-state index in [1.165, 1.54) is 0 Å². The number of benzene rings is 1. The van der Waals surface area contributed by atoms with Gasteiger partial charge in [-0.2, -0.15) is 0 Å². The number of hydrogen-bond acceptors (Lipinski definition) is 4. The van der Waals surface area contributed by atoms with E-state index >= 15 is 0 Å². The van der Waals surface area contributed by atoms with Gasteiger partial charge in [0.15, 0.2) is 0 Å². The van der Waals surface area contributed by atoms with E-state index in [0.717, 1.165) is 36.4 Å². The minimum atomic E-state index is -0.00442. The smallest absolute Gasteiger partial charge is 0.222 e. The lowest BCUT2D eigenvalue weighted by Crippen LogP contribution is -2.36. The van der Waals surface area contributed by atoms with Gasteiger partial charge in [0.25, 0.3) is 0 Å². The quantitative estimate of drug-likeness (QED) is 0.854. The molecule has 3 rings (SSSR count). The van der Waals surface area contributed by atoms with Crippen LogP contribution in [0.15, 0.2) is 18.2 Å². The molecule has 1 saturated heterocycles. The van der Waals surface area contributed by atoms with Gasteiger partial charge >= 0.3 is 0 Å². The maximum Gasteiger partial charge on any atom is 0.222 e. The monoisotopic (exact) mass is 332 g/mol. The van der Waals surface area contributed by atoms with Crippen molar-refractivity contribution < 1.29 is 19.1 Å². The van der Waals surface area contributed by atoms with Crippen molar-refractivity contribution in [3.63, 3.8) is 0 Å². The van der Waals surface area contributed by atoms with E-state index in [0.29, 0.717) is 32.5 Å². The summed E-state index contributed by atoms with van der Waals surface area (Å²) in [6.07, 6.45) is 2.77. The van der Waals surface area contributed by atoms with Crippen molar-refractivity contribution in [2.75, 3.05) is 33.4 Å². The zero-order valence-corrected chi connectivity index (χ0v) is 14.0. The molecule has 0 spiro atoms. The molecule has 6 heteroatoms. The lowest BCUT2D eigenvalue weighted by Gasteiger charge is -2.26. The highest BCUT2D eigenvalue weighted by molar-refractivity contribution is 5.80. The van der Waals surface area contributed by atoms with Crippen molar-refractivity contribution in [1.29, 1.82) is 0 Å². The van der Waals surface area contributed by atoms with Crippen molar-refractivity contribution in [2.45, 2.75) is 25.7 Å². The number of nitrogens with one attached hydrogen (secondary N) is 1. The fourth-order valence-corrected chi connectivity index (χ4v) is 3.20. The maximum atomic E-state index is 12.0. The predicted octanol–water partition coefficient (Wildman–Crippen LogP) is 1.37. The van der Waals surface area contributed by atoms with Crippen LogP contribution in [0.1, 0.15) is 24.8 Å². The Balaban J connectivity index is 1.42. The SMILES string of the molecule is COc1ccc2c(c1)OCC(CNC(=O)CCN1CCCC1=O)C2. The molecule has 2 aliphatic rings. The van der Waals surface area contributed by atoms with Gasteiger partial charge in [-0.1, -0.05) is 6.07 Å². The second kappa shape index (κ2) is 7.55. The third kappa shape index (κ3) is 3.99. The van der Waals surface area contributed by atoms with Gasteiger partial charge in [-0.05, 0) is 24.5 Å². The summed E-state index contributed by atoms with van der Waals surface area (Å²) >= 11 is 0. The second-order valence-corrected chi connectivity index (χ2v) is 6.39. The van der Waals surface area contributed by atoms with Crippen LogP contribution in [-0.2, 0) is 16.0 Å². The van der Waals surface area contributed by atoms with Crippen LogP contribution in [-0.4, -0.2) is 50.1 Å². The predicted molar refractivity (Wildman–Crippen MR) is 89.1 cm³/mol. The first-order valence-electron chi connectivity index (χ1n) is 8.50. The lowest BCUT2D eigenvalue weighted by molar-refractivity contribution is -0.128. The summed E-state index contributed by atoms with van der Waals surface area (Å²) in [5.41, 5.74) is 1.14. The maximum absolute atomic E-state index is 12.0. The summed E-state index contributed by atoms with van der Waals surface area (Å²) in [4.78, 5) is 25.3. The van der Waals surface area contributed by atoms with Gasteiger partial charge in [-0.15, -0.1) is 0 Å². The molecule has 0 aromatic heterocycles. The molecule has 2 amide bonds. The fraction of sp³-hybridized carbons (Fsp3) is 0.556. The first kappa shape index (κ1) is 16.6. The van der Waals surface area contributed by atoms with E-state index in [4.69, 9.17) is 9.47 Å². The summed E-state index contributed by atoms with van der Waals surface area (Å²) in [6.45, 7) is 2.49. The summed E-state index contributed by atoms with van der Waals surface area (Å²) in [7, 11) is 1.64. The van der Waals surface area contributed by atoms with Gasteiger partial charge in [0.05, 0.1) is 13.7 Å². The highest BCUT2D eigenvalue weighted by atomic mass is 16.5. The van der Waals surface area contributed by atoms with Crippen LogP contribution in [0.4, 0.5) is 0 Å². The molecule has 0 saturated carbocycles. The Morgan fingerprint density at radius 3 is 3.08 bits per heavy atom. The zero-order chi connectivity index (χ0) is 16.9. The van der Waals surface area contributed by atoms with Crippen LogP contribution >= 0.6 is 0 Å². The van der Waals surface area contributed by atoms with Crippen molar-refractivity contribution >= 4 is 11.8 Å². The van der Waals surface area contributed by atoms with E-state index in [2.05, 4.69) is 5.32 Å². The number of carbonyl (C=O) groups excluding carboxylic acids is 2. The van der Waals surface area contributed by atoms with E-state index in [9.17, 15) is 9.59 Å². The Morgan fingerprint density at radius 2 is 2.33 bits per heavy atom. The molecule has 1 fully saturated rings. The van der Waals surface area contributed by atoms with Crippen LogP contribution in [0.25, 0.3) is 0 Å². The van der Waals surface area contributed by atoms with E-state index in [1.807, 2.05) is 18.2 Å². The van der Waals surface area contributed by atoms with Crippen molar-refractivity contribution in [3.05, 3.63) is 23.8 Å². The standard InChI is InChI=1S/C18H24N2O4/c1-23-15-5-4-14-9-13(12-24-16(14)10-15)11-19-17(21)6-8-20-7-2-3-18(20)22/h4-5,10,13H,2-3,6-9,11-12H2,1H3,(H,19,21). The number of likely N-dealkylation sites (tertiary alicyclic amines) is 1. The van der Waals surface area contributed by atoms with Gasteiger partial charge in [-0.25, -0.2) is 0 Å². The Bertz CT molecular complexity index is 617. The largest absolute Gasteiger partial charge is 0.497 e. The second-order valence-electron chi connectivity index (χ2n) is 6.39. The highest BCUT2D eigenvalue weighted by Gasteiger charge is 2.22. The molecule has 1 N–H and O–H groups in total. The summed E-state index contributed by atoms with van der Waals surface area (Å²) in [5, 5.41) is 2.96. The van der Waals surface area contributed by atoms with Crippen molar-refractivity contribution in [1.82, 2.24) is 10.2 Å². The van der Waals surface area contributed by atoms with E-state index in [-0.39, 0.29) is 17.7 Å². The minimum Gasteiger partial charge on any atom is -0.497 e. The van der Waals surface area contributed by atoms with Gasteiger partial charge in [0.1, 0.15) is 11.5 Å². The van der Waals surface area contributed by atoms with Crippen molar-refractivity contribution in [2.24, 2.45) is 5.92 Å². The number of fused-ring (bicyclic) bond motifs is 1. The molecule has 1 aromatic rings. The molecule has 1 unspecified atom stereocenters. The van der Waals surface area contributed by atoms with Gasteiger partial charge in [0, 0.05) is 44.5 Å². The molecular formula is C18H24N2O4. The molecule has 0 bridgehead atoms. The molecule has 0 radical (unpaired) electrons. The topological polar surface area (TPSA) is 67.9 Å². The highest BCUT2D eigenvalue weighted by Crippen LogP contribution is 2.30. The number of ether oxygens (including phenoxy) is 2. The molecular weight excluding hydrogens is 308 g/mol. The lowest BCUT2D eigenvalue weighted by atomic mass is 9.96. The molecule has 6 nitrogen and oxygen atoms in total. The average molecular weight is 332 g/mol. The Hall–Kier alpha value is -2.24. The normalized spacial score (nSPS) is 19.6. The molecule has 130 valence electrons. The first-order valence-corrected chi connectivity index (χ1v) is 8.50. The first-order chi connectivity index (χ1) is 11.7. The molecule has 24 heavy (non-hydrogen) atoms. The Kier molecular flexibility index (Phi) is 5.23. The molecule has 2 heterocycles. The third-order valence-electron chi connectivity index (χ3n) is 4.63. The molecule has 1 atom stereocenters. The van der Waals surface area contributed by atoms with Crippen LogP contribution in [0.3, 0.4) is 0 Å². The third-order valence-corrected chi connectivity index (χ3v) is 4.63. The number of hydrogen-bond donors (Lipinski definition) is 1. The van der Waals surface area contributed by atoms with Crippen LogP contribution < -0.4 is 14.8 Å². The van der Waals surface area contributed by atoms with E-state index in [1.54, 1.807) is 12.0 Å². The Labute approximate surface area is 142 Å². The summed E-state index contributed by atoms with van der Waals surface area (Å²) in [6, 6.07) is 5.84. The average Bonchev–Trinajstić information content (AvgIpc) is 3.02. The number of carbonyl (C=O) groups is 2. The van der Waals surface area contributed by atoms with Crippen LogP contribution in [0.2, 0.25) is 0 Å². The zero-order valence-electron chi connectivity index (χ0n) is 14.0. The van der Waals surface area contributed by atoms with Gasteiger partial charge in [0.2, 0.25) is 11.8 Å². The van der Waals surface area contributed by atoms with Crippen LogP contribution in [0.5, 0.6) is 11.5 Å². The van der Waals surface area contributed by atoms with E-state index < -0.39 is 0 Å².